The third-order valence-electron chi connectivity index (χ3n) is 4.04. The van der Waals surface area contributed by atoms with E-state index in [-0.39, 0.29) is 5.02 Å². The van der Waals surface area contributed by atoms with Gasteiger partial charge in [-0.1, -0.05) is 11.6 Å². The van der Waals surface area contributed by atoms with Crippen LogP contribution in [0.5, 0.6) is 5.75 Å². The number of nitrogens with one attached hydrogen (secondary N) is 1. The summed E-state index contributed by atoms with van der Waals surface area (Å²) in [5, 5.41) is 13.5. The lowest BCUT2D eigenvalue weighted by molar-refractivity contribution is 0.341. The molecule has 0 fully saturated rings. The molecule has 1 aromatic heterocycles. The van der Waals surface area contributed by atoms with Crippen LogP contribution in [0.1, 0.15) is 12.5 Å². The van der Waals surface area contributed by atoms with Crippen LogP contribution in [-0.2, 0) is 0 Å². The van der Waals surface area contributed by atoms with Crippen molar-refractivity contribution in [2.24, 2.45) is 0 Å². The van der Waals surface area contributed by atoms with Crippen LogP contribution < -0.4 is 15.0 Å². The van der Waals surface area contributed by atoms with Gasteiger partial charge in [0.2, 0.25) is 0 Å². The molecule has 3 aromatic rings. The van der Waals surface area contributed by atoms with Crippen molar-refractivity contribution in [3.63, 3.8) is 0 Å². The zero-order valence-corrected chi connectivity index (χ0v) is 15.9. The van der Waals surface area contributed by atoms with Crippen LogP contribution in [0.2, 0.25) is 5.02 Å². The standard InChI is InChI=1S/C20H18ClFN4O/c1-4-27-19-9-17-14(8-18(19)26(2)3)20(12(10-23)11-24-17)25-13-5-6-16(22)15(21)7-13/h5-9,11H,4H2,1-3H3,(H,24,25). The summed E-state index contributed by atoms with van der Waals surface area (Å²) in [5.41, 5.74) is 3.07. The van der Waals surface area contributed by atoms with E-state index < -0.39 is 5.82 Å². The van der Waals surface area contributed by atoms with Crippen LogP contribution in [0, 0.1) is 17.1 Å². The van der Waals surface area contributed by atoms with Crippen molar-refractivity contribution < 1.29 is 9.13 Å². The molecular weight excluding hydrogens is 367 g/mol. The second-order valence-electron chi connectivity index (χ2n) is 6.08. The van der Waals surface area contributed by atoms with Gasteiger partial charge in [-0.2, -0.15) is 5.26 Å². The van der Waals surface area contributed by atoms with Gasteiger partial charge >= 0.3 is 0 Å². The normalized spacial score (nSPS) is 10.5. The molecule has 0 spiro atoms. The summed E-state index contributed by atoms with van der Waals surface area (Å²) < 4.78 is 19.2. The van der Waals surface area contributed by atoms with E-state index in [1.165, 1.54) is 18.3 Å². The zero-order chi connectivity index (χ0) is 19.6. The van der Waals surface area contributed by atoms with Crippen LogP contribution in [0.15, 0.2) is 36.5 Å². The average Bonchev–Trinajstić information content (AvgIpc) is 2.64. The van der Waals surface area contributed by atoms with E-state index in [0.717, 1.165) is 11.1 Å². The number of anilines is 3. The van der Waals surface area contributed by atoms with Crippen molar-refractivity contribution in [1.29, 1.82) is 5.26 Å². The highest BCUT2D eigenvalue weighted by atomic mass is 35.5. The monoisotopic (exact) mass is 384 g/mol. The Morgan fingerprint density at radius 3 is 2.70 bits per heavy atom. The van der Waals surface area contributed by atoms with Crippen molar-refractivity contribution in [3.8, 4) is 11.8 Å². The van der Waals surface area contributed by atoms with E-state index in [1.807, 2.05) is 38.1 Å². The number of fused-ring (bicyclic) bond motifs is 1. The number of nitriles is 1. The molecule has 1 heterocycles. The lowest BCUT2D eigenvalue weighted by Gasteiger charge is -2.20. The van der Waals surface area contributed by atoms with Crippen LogP contribution in [-0.4, -0.2) is 25.7 Å². The first-order valence-corrected chi connectivity index (χ1v) is 8.71. The van der Waals surface area contributed by atoms with Crippen molar-refractivity contribution in [2.75, 3.05) is 30.9 Å². The summed E-state index contributed by atoms with van der Waals surface area (Å²) in [6, 6.07) is 10.2. The van der Waals surface area contributed by atoms with Gasteiger partial charge in [0.25, 0.3) is 0 Å². The molecule has 0 aliphatic rings. The molecule has 0 amide bonds. The van der Waals surface area contributed by atoms with Gasteiger partial charge in [0.05, 0.1) is 34.1 Å². The van der Waals surface area contributed by atoms with Crippen molar-refractivity contribution in [3.05, 3.63) is 52.9 Å². The second-order valence-corrected chi connectivity index (χ2v) is 6.48. The fraction of sp³-hybridized carbons (Fsp3) is 0.200. The van der Waals surface area contributed by atoms with Crippen molar-refractivity contribution in [1.82, 2.24) is 4.98 Å². The average molecular weight is 385 g/mol. The predicted octanol–water partition coefficient (Wildman–Crippen LogP) is 5.11. The number of hydrogen-bond acceptors (Lipinski definition) is 5. The molecule has 1 N–H and O–H groups in total. The highest BCUT2D eigenvalue weighted by Gasteiger charge is 2.15. The topological polar surface area (TPSA) is 61.2 Å². The largest absolute Gasteiger partial charge is 0.492 e. The van der Waals surface area contributed by atoms with Crippen LogP contribution in [0.4, 0.5) is 21.5 Å². The summed E-state index contributed by atoms with van der Waals surface area (Å²) >= 11 is 5.88. The van der Waals surface area contributed by atoms with Crippen LogP contribution >= 0.6 is 11.6 Å². The first-order chi connectivity index (χ1) is 12.9. The van der Waals surface area contributed by atoms with Gasteiger partial charge in [0, 0.05) is 37.4 Å². The Morgan fingerprint density at radius 2 is 2.07 bits per heavy atom. The molecule has 0 unspecified atom stereocenters. The smallest absolute Gasteiger partial charge is 0.144 e. The van der Waals surface area contributed by atoms with E-state index in [1.54, 1.807) is 6.07 Å². The maximum atomic E-state index is 13.5. The maximum Gasteiger partial charge on any atom is 0.144 e. The number of pyridine rings is 1. The number of aromatic nitrogens is 1. The molecule has 0 aliphatic carbocycles. The van der Waals surface area contributed by atoms with Crippen molar-refractivity contribution in [2.45, 2.75) is 6.92 Å². The molecular formula is C20H18ClFN4O. The molecule has 7 heteroatoms. The molecule has 0 aliphatic heterocycles. The van der Waals surface area contributed by atoms with Gasteiger partial charge in [0.1, 0.15) is 17.6 Å². The van der Waals surface area contributed by atoms with Gasteiger partial charge in [-0.05, 0) is 31.2 Å². The summed E-state index contributed by atoms with van der Waals surface area (Å²) in [5.74, 6) is 0.210. The molecule has 5 nitrogen and oxygen atoms in total. The predicted molar refractivity (Wildman–Crippen MR) is 107 cm³/mol. The number of halogens is 2. The second kappa shape index (κ2) is 7.68. The molecule has 138 valence electrons. The fourth-order valence-corrected chi connectivity index (χ4v) is 2.95. The first kappa shape index (κ1) is 18.7. The zero-order valence-electron chi connectivity index (χ0n) is 15.2. The Balaban J connectivity index is 2.21. The number of nitrogens with zero attached hydrogens (tertiary/aromatic N) is 3. The summed E-state index contributed by atoms with van der Waals surface area (Å²) in [6.07, 6.45) is 1.50. The molecule has 0 bridgehead atoms. The van der Waals surface area contributed by atoms with E-state index in [9.17, 15) is 9.65 Å². The van der Waals surface area contributed by atoms with Crippen LogP contribution in [0.3, 0.4) is 0 Å². The highest BCUT2D eigenvalue weighted by molar-refractivity contribution is 6.31. The molecule has 27 heavy (non-hydrogen) atoms. The Bertz CT molecular complexity index is 1050. The highest BCUT2D eigenvalue weighted by Crippen LogP contribution is 2.37. The Labute approximate surface area is 161 Å². The van der Waals surface area contributed by atoms with Crippen molar-refractivity contribution >= 4 is 39.6 Å². The number of rotatable bonds is 5. The van der Waals surface area contributed by atoms with Crippen LogP contribution in [0.25, 0.3) is 10.9 Å². The summed E-state index contributed by atoms with van der Waals surface area (Å²) in [7, 11) is 3.83. The van der Waals surface area contributed by atoms with E-state index in [2.05, 4.69) is 16.4 Å². The third-order valence-corrected chi connectivity index (χ3v) is 4.33. The molecule has 0 radical (unpaired) electrons. The molecule has 3 rings (SSSR count). The lowest BCUT2D eigenvalue weighted by Crippen LogP contribution is -2.11. The Morgan fingerprint density at radius 1 is 1.30 bits per heavy atom. The lowest BCUT2D eigenvalue weighted by atomic mass is 10.1. The van der Waals surface area contributed by atoms with E-state index in [4.69, 9.17) is 16.3 Å². The molecule has 2 aromatic carbocycles. The first-order valence-electron chi connectivity index (χ1n) is 8.33. The minimum atomic E-state index is -0.501. The maximum absolute atomic E-state index is 13.5. The van der Waals surface area contributed by atoms with Gasteiger partial charge in [0.15, 0.2) is 0 Å². The Kier molecular flexibility index (Phi) is 5.33. The molecule has 0 atom stereocenters. The van der Waals surface area contributed by atoms with Gasteiger partial charge in [-0.15, -0.1) is 0 Å². The third kappa shape index (κ3) is 3.74. The fourth-order valence-electron chi connectivity index (χ4n) is 2.77. The number of benzene rings is 2. The Hall–Kier alpha value is -3.04. The van der Waals surface area contributed by atoms with E-state index >= 15 is 0 Å². The van der Waals surface area contributed by atoms with Gasteiger partial charge in [-0.25, -0.2) is 4.39 Å². The van der Waals surface area contributed by atoms with Gasteiger partial charge < -0.3 is 15.0 Å². The SMILES string of the molecule is CCOc1cc2ncc(C#N)c(Nc3ccc(F)c(Cl)c3)c2cc1N(C)C. The number of hydrogen-bond donors (Lipinski definition) is 1. The quantitative estimate of drug-likeness (QED) is 0.662. The number of ether oxygens (including phenoxy) is 1. The minimum absolute atomic E-state index is 0.00415. The molecule has 0 saturated carbocycles. The minimum Gasteiger partial charge on any atom is -0.492 e. The van der Waals surface area contributed by atoms with Gasteiger partial charge in [-0.3, -0.25) is 4.98 Å². The molecule has 0 saturated heterocycles. The summed E-state index contributed by atoms with van der Waals surface area (Å²) in [4.78, 5) is 6.31. The van der Waals surface area contributed by atoms with E-state index in [0.29, 0.717) is 34.8 Å². The summed E-state index contributed by atoms with van der Waals surface area (Å²) in [6.45, 7) is 2.45.